The Balaban J connectivity index is 1.44. The van der Waals surface area contributed by atoms with E-state index in [-0.39, 0.29) is 6.10 Å². The van der Waals surface area contributed by atoms with Gasteiger partial charge >= 0.3 is 0 Å². The average molecular weight is 367 g/mol. The number of benzene rings is 1. The number of fused-ring (bicyclic) bond motifs is 1. The van der Waals surface area contributed by atoms with Gasteiger partial charge in [0.05, 0.1) is 7.11 Å². The molecule has 1 fully saturated rings. The van der Waals surface area contributed by atoms with Gasteiger partial charge in [0.25, 0.3) is 0 Å². The molecule has 5 heteroatoms. The number of methoxy groups -OCH3 is 1. The summed E-state index contributed by atoms with van der Waals surface area (Å²) in [5, 5.41) is 3.68. The third-order valence-electron chi connectivity index (χ3n) is 5.80. The van der Waals surface area contributed by atoms with Crippen molar-refractivity contribution in [3.05, 3.63) is 53.3 Å². The molecule has 2 aromatic rings. The number of nitrogens with zero attached hydrogens (tertiary/aromatic N) is 2. The normalized spacial score (nSPS) is 24.6. The van der Waals surface area contributed by atoms with E-state index in [9.17, 15) is 0 Å². The minimum atomic E-state index is 0.240. The van der Waals surface area contributed by atoms with Crippen LogP contribution < -0.4 is 14.8 Å². The van der Waals surface area contributed by atoms with E-state index >= 15 is 0 Å². The first-order chi connectivity index (χ1) is 13.2. The second-order valence-corrected chi connectivity index (χ2v) is 7.80. The molecule has 1 aromatic heterocycles. The fourth-order valence-corrected chi connectivity index (χ4v) is 4.54. The highest BCUT2D eigenvalue weighted by atomic mass is 16.5. The SMILES string of the molecule is COc1cc(CNC[C@@H]2CCN(C)[C@H]2c2cccnc2)c2c(c1)CC(C)O2. The molecule has 4 rings (SSSR count). The van der Waals surface area contributed by atoms with Gasteiger partial charge in [-0.05, 0) is 56.6 Å². The van der Waals surface area contributed by atoms with E-state index < -0.39 is 0 Å². The molecule has 1 unspecified atom stereocenters. The predicted molar refractivity (Wildman–Crippen MR) is 106 cm³/mol. The first-order valence-corrected chi connectivity index (χ1v) is 9.83. The van der Waals surface area contributed by atoms with E-state index in [0.29, 0.717) is 12.0 Å². The Morgan fingerprint density at radius 1 is 1.37 bits per heavy atom. The van der Waals surface area contributed by atoms with Gasteiger partial charge in [0, 0.05) is 49.1 Å². The summed E-state index contributed by atoms with van der Waals surface area (Å²) in [6, 6.07) is 8.86. The maximum absolute atomic E-state index is 6.06. The lowest BCUT2D eigenvalue weighted by Crippen LogP contribution is -2.28. The third kappa shape index (κ3) is 3.80. The lowest BCUT2D eigenvalue weighted by molar-refractivity contribution is 0.251. The number of nitrogens with one attached hydrogen (secondary N) is 1. The summed E-state index contributed by atoms with van der Waals surface area (Å²) in [6.07, 6.45) is 6.24. The highest BCUT2D eigenvalue weighted by Gasteiger charge is 2.33. The molecule has 0 saturated carbocycles. The first kappa shape index (κ1) is 18.3. The van der Waals surface area contributed by atoms with Gasteiger partial charge in [-0.15, -0.1) is 0 Å². The zero-order chi connectivity index (χ0) is 18.8. The molecule has 0 bridgehead atoms. The van der Waals surface area contributed by atoms with Gasteiger partial charge in [-0.1, -0.05) is 6.07 Å². The Kier molecular flexibility index (Phi) is 5.32. The Labute approximate surface area is 161 Å². The van der Waals surface area contributed by atoms with Crippen LogP contribution in [0.3, 0.4) is 0 Å². The lowest BCUT2D eigenvalue weighted by atomic mass is 9.94. The number of hydrogen-bond donors (Lipinski definition) is 1. The fourth-order valence-electron chi connectivity index (χ4n) is 4.54. The molecule has 27 heavy (non-hydrogen) atoms. The quantitative estimate of drug-likeness (QED) is 0.850. The molecule has 1 saturated heterocycles. The molecular weight excluding hydrogens is 338 g/mol. The minimum Gasteiger partial charge on any atom is -0.497 e. The fraction of sp³-hybridized carbons (Fsp3) is 0.500. The summed E-state index contributed by atoms with van der Waals surface area (Å²) in [6.45, 7) is 5.02. The molecule has 2 aliphatic rings. The van der Waals surface area contributed by atoms with Crippen LogP contribution >= 0.6 is 0 Å². The summed E-state index contributed by atoms with van der Waals surface area (Å²) < 4.78 is 11.5. The third-order valence-corrected chi connectivity index (χ3v) is 5.80. The van der Waals surface area contributed by atoms with E-state index in [1.165, 1.54) is 23.1 Å². The van der Waals surface area contributed by atoms with Crippen molar-refractivity contribution in [1.29, 1.82) is 0 Å². The van der Waals surface area contributed by atoms with Crippen molar-refractivity contribution in [2.75, 3.05) is 27.2 Å². The summed E-state index contributed by atoms with van der Waals surface area (Å²) in [5.41, 5.74) is 3.76. The maximum atomic E-state index is 6.06. The van der Waals surface area contributed by atoms with Crippen molar-refractivity contribution in [1.82, 2.24) is 15.2 Å². The molecule has 0 aliphatic carbocycles. The van der Waals surface area contributed by atoms with Crippen molar-refractivity contribution in [3.63, 3.8) is 0 Å². The van der Waals surface area contributed by atoms with E-state index in [2.05, 4.69) is 47.4 Å². The van der Waals surface area contributed by atoms with Crippen LogP contribution in [0.2, 0.25) is 0 Å². The second-order valence-electron chi connectivity index (χ2n) is 7.80. The van der Waals surface area contributed by atoms with Crippen LogP contribution in [0.15, 0.2) is 36.7 Å². The van der Waals surface area contributed by atoms with Crippen LogP contribution in [0.4, 0.5) is 0 Å². The van der Waals surface area contributed by atoms with Gasteiger partial charge in [0.15, 0.2) is 0 Å². The molecule has 0 amide bonds. The minimum absolute atomic E-state index is 0.240. The van der Waals surface area contributed by atoms with Crippen LogP contribution in [0.1, 0.15) is 36.1 Å². The predicted octanol–water partition coefficient (Wildman–Crippen LogP) is 3.20. The highest BCUT2D eigenvalue weighted by molar-refractivity contribution is 5.49. The Morgan fingerprint density at radius 2 is 2.26 bits per heavy atom. The summed E-state index contributed by atoms with van der Waals surface area (Å²) in [5.74, 6) is 2.54. The molecule has 2 aliphatic heterocycles. The highest BCUT2D eigenvalue weighted by Crippen LogP contribution is 2.37. The van der Waals surface area contributed by atoms with Crippen molar-refractivity contribution in [3.8, 4) is 11.5 Å². The molecular formula is C22H29N3O2. The largest absolute Gasteiger partial charge is 0.497 e. The van der Waals surface area contributed by atoms with Gasteiger partial charge in [-0.2, -0.15) is 0 Å². The Bertz CT molecular complexity index is 781. The average Bonchev–Trinajstić information content (AvgIpc) is 3.24. The zero-order valence-corrected chi connectivity index (χ0v) is 16.4. The van der Waals surface area contributed by atoms with Crippen molar-refractivity contribution < 1.29 is 9.47 Å². The summed E-state index contributed by atoms with van der Waals surface area (Å²) in [4.78, 5) is 6.76. The monoisotopic (exact) mass is 367 g/mol. The number of rotatable bonds is 6. The lowest BCUT2D eigenvalue weighted by Gasteiger charge is -2.25. The zero-order valence-electron chi connectivity index (χ0n) is 16.4. The molecule has 3 heterocycles. The van der Waals surface area contributed by atoms with Crippen LogP contribution in [0, 0.1) is 5.92 Å². The number of ether oxygens (including phenoxy) is 2. The Morgan fingerprint density at radius 3 is 3.04 bits per heavy atom. The number of pyridine rings is 1. The molecule has 0 radical (unpaired) electrons. The van der Waals surface area contributed by atoms with Gasteiger partial charge in [0.1, 0.15) is 17.6 Å². The molecule has 0 spiro atoms. The van der Waals surface area contributed by atoms with E-state index in [1.807, 2.05) is 18.5 Å². The van der Waals surface area contributed by atoms with Crippen LogP contribution in [0.25, 0.3) is 0 Å². The van der Waals surface area contributed by atoms with Gasteiger partial charge in [-0.25, -0.2) is 0 Å². The van der Waals surface area contributed by atoms with Gasteiger partial charge < -0.3 is 14.8 Å². The van der Waals surface area contributed by atoms with E-state index in [1.54, 1.807) is 7.11 Å². The van der Waals surface area contributed by atoms with Crippen LogP contribution in [-0.2, 0) is 13.0 Å². The summed E-state index contributed by atoms with van der Waals surface area (Å²) >= 11 is 0. The molecule has 1 aromatic carbocycles. The number of likely N-dealkylation sites (tertiary alicyclic amines) is 1. The van der Waals surface area contributed by atoms with Crippen molar-refractivity contribution in [2.24, 2.45) is 5.92 Å². The van der Waals surface area contributed by atoms with Gasteiger partial charge in [-0.3, -0.25) is 9.88 Å². The first-order valence-electron chi connectivity index (χ1n) is 9.83. The Hall–Kier alpha value is -2.11. The van der Waals surface area contributed by atoms with Crippen molar-refractivity contribution in [2.45, 2.75) is 38.5 Å². The smallest absolute Gasteiger partial charge is 0.127 e. The van der Waals surface area contributed by atoms with Crippen LogP contribution in [0.5, 0.6) is 11.5 Å². The topological polar surface area (TPSA) is 46.6 Å². The number of hydrogen-bond acceptors (Lipinski definition) is 5. The summed E-state index contributed by atoms with van der Waals surface area (Å²) in [7, 11) is 3.94. The standard InChI is InChI=1S/C22H29N3O2/c1-15-9-18-10-20(26-3)11-19(22(18)27-15)14-24-13-17-6-8-25(2)21(17)16-5-4-7-23-12-16/h4-5,7,10-12,15,17,21,24H,6,8-9,13-14H2,1-3H3/t15?,17-,21-/m0/s1. The molecule has 144 valence electrons. The molecule has 1 N–H and O–H groups in total. The molecule has 3 atom stereocenters. The van der Waals surface area contributed by atoms with Crippen molar-refractivity contribution >= 4 is 0 Å². The van der Waals surface area contributed by atoms with Gasteiger partial charge in [0.2, 0.25) is 0 Å². The number of aromatic nitrogens is 1. The molecule has 5 nitrogen and oxygen atoms in total. The second kappa shape index (κ2) is 7.87. The van der Waals surface area contributed by atoms with E-state index in [4.69, 9.17) is 9.47 Å². The maximum Gasteiger partial charge on any atom is 0.127 e. The van der Waals surface area contributed by atoms with Crippen LogP contribution in [-0.4, -0.2) is 43.2 Å². The van der Waals surface area contributed by atoms with E-state index in [0.717, 1.165) is 37.6 Å².